The smallest absolute Gasteiger partial charge is 0.199 e. The molecule has 0 bridgehead atoms. The summed E-state index contributed by atoms with van der Waals surface area (Å²) in [5.74, 6) is -0.0832. The summed E-state index contributed by atoms with van der Waals surface area (Å²) in [7, 11) is -3.50. The summed E-state index contributed by atoms with van der Waals surface area (Å²) < 4.78 is 27.3. The van der Waals surface area contributed by atoms with E-state index < -0.39 is 10.0 Å². The maximum atomic E-state index is 11.8. The Morgan fingerprint density at radius 3 is 2.50 bits per heavy atom. The van der Waals surface area contributed by atoms with E-state index in [9.17, 15) is 8.42 Å². The molecule has 16 heavy (non-hydrogen) atoms. The highest BCUT2D eigenvalue weighted by molar-refractivity contribution is 7.90. The SMILES string of the molecule is CC(Cl)C(C)C1=NS(=O)(=O)c2ccccc21. The molecule has 0 spiro atoms. The quantitative estimate of drug-likeness (QED) is 0.764. The van der Waals surface area contributed by atoms with Gasteiger partial charge in [-0.2, -0.15) is 12.8 Å². The summed E-state index contributed by atoms with van der Waals surface area (Å²) in [4.78, 5) is 0.286. The van der Waals surface area contributed by atoms with Crippen molar-refractivity contribution >= 4 is 27.3 Å². The zero-order chi connectivity index (χ0) is 11.9. The normalized spacial score (nSPS) is 21.1. The number of nitrogens with zero attached hydrogens (tertiary/aromatic N) is 1. The molecule has 5 heteroatoms. The van der Waals surface area contributed by atoms with Crippen LogP contribution in [-0.4, -0.2) is 19.5 Å². The molecule has 1 aromatic rings. The number of fused-ring (bicyclic) bond motifs is 1. The number of benzene rings is 1. The molecular weight excluding hydrogens is 246 g/mol. The monoisotopic (exact) mass is 257 g/mol. The zero-order valence-electron chi connectivity index (χ0n) is 9.01. The molecule has 3 nitrogen and oxygen atoms in total. The fourth-order valence-electron chi connectivity index (χ4n) is 1.68. The van der Waals surface area contributed by atoms with Gasteiger partial charge >= 0.3 is 0 Å². The molecule has 1 aromatic carbocycles. The lowest BCUT2D eigenvalue weighted by Gasteiger charge is -2.13. The number of hydrogen-bond donors (Lipinski definition) is 0. The maximum Gasteiger partial charge on any atom is 0.283 e. The standard InChI is InChI=1S/C11H12ClNO2S/c1-7(8(2)12)11-9-5-3-4-6-10(9)16(14,15)13-11/h3-8H,1-2H3. The first-order valence-corrected chi connectivity index (χ1v) is 6.89. The van der Waals surface area contributed by atoms with Crippen LogP contribution < -0.4 is 0 Å². The first-order valence-electron chi connectivity index (χ1n) is 5.02. The lowest BCUT2D eigenvalue weighted by Crippen LogP contribution is -2.18. The van der Waals surface area contributed by atoms with Crippen LogP contribution >= 0.6 is 11.6 Å². The molecule has 0 saturated heterocycles. The van der Waals surface area contributed by atoms with E-state index in [1.54, 1.807) is 24.3 Å². The molecule has 86 valence electrons. The van der Waals surface area contributed by atoms with Gasteiger partial charge in [0.15, 0.2) is 0 Å². The van der Waals surface area contributed by atoms with E-state index in [1.807, 2.05) is 13.8 Å². The Labute approximate surface area is 100 Å². The van der Waals surface area contributed by atoms with Crippen molar-refractivity contribution < 1.29 is 8.42 Å². The van der Waals surface area contributed by atoms with Gasteiger partial charge in [0.2, 0.25) is 0 Å². The van der Waals surface area contributed by atoms with E-state index in [1.165, 1.54) is 0 Å². The molecule has 1 aliphatic rings. The number of halogens is 1. The second-order valence-corrected chi connectivity index (χ2v) is 6.17. The predicted octanol–water partition coefficient (Wildman–Crippen LogP) is 2.44. The summed E-state index contributed by atoms with van der Waals surface area (Å²) in [6.07, 6.45) is 0. The average Bonchev–Trinajstić information content (AvgIpc) is 2.51. The lowest BCUT2D eigenvalue weighted by atomic mass is 9.96. The average molecular weight is 258 g/mol. The fraction of sp³-hybridized carbons (Fsp3) is 0.364. The third kappa shape index (κ3) is 1.76. The van der Waals surface area contributed by atoms with Gasteiger partial charge in [0.05, 0.1) is 10.6 Å². The van der Waals surface area contributed by atoms with Crippen LogP contribution in [0.15, 0.2) is 33.6 Å². The molecule has 0 amide bonds. The predicted molar refractivity (Wildman–Crippen MR) is 64.6 cm³/mol. The molecule has 0 N–H and O–H groups in total. The topological polar surface area (TPSA) is 46.5 Å². The number of sulfonamides is 1. The van der Waals surface area contributed by atoms with Crippen LogP contribution in [0, 0.1) is 5.92 Å². The van der Waals surface area contributed by atoms with Gasteiger partial charge in [-0.3, -0.25) is 0 Å². The van der Waals surface area contributed by atoms with Gasteiger partial charge in [0.1, 0.15) is 0 Å². The van der Waals surface area contributed by atoms with Crippen molar-refractivity contribution in [2.75, 3.05) is 0 Å². The van der Waals surface area contributed by atoms with E-state index in [4.69, 9.17) is 11.6 Å². The van der Waals surface area contributed by atoms with Gasteiger partial charge in [0, 0.05) is 16.9 Å². The summed E-state index contributed by atoms with van der Waals surface area (Å²) in [6, 6.07) is 6.85. The molecular formula is C11H12ClNO2S. The van der Waals surface area contributed by atoms with Gasteiger partial charge < -0.3 is 0 Å². The Morgan fingerprint density at radius 1 is 1.25 bits per heavy atom. The van der Waals surface area contributed by atoms with Crippen molar-refractivity contribution in [3.8, 4) is 0 Å². The van der Waals surface area contributed by atoms with Crippen molar-refractivity contribution in [2.45, 2.75) is 24.1 Å². The van der Waals surface area contributed by atoms with Crippen LogP contribution in [0.5, 0.6) is 0 Å². The Hall–Kier alpha value is -0.870. The molecule has 2 atom stereocenters. The molecule has 0 aromatic heterocycles. The Morgan fingerprint density at radius 2 is 1.88 bits per heavy atom. The molecule has 2 rings (SSSR count). The van der Waals surface area contributed by atoms with Crippen molar-refractivity contribution in [2.24, 2.45) is 10.3 Å². The maximum absolute atomic E-state index is 11.8. The van der Waals surface area contributed by atoms with E-state index in [0.29, 0.717) is 11.3 Å². The number of alkyl halides is 1. The summed E-state index contributed by atoms with van der Waals surface area (Å²) >= 11 is 5.99. The lowest BCUT2D eigenvalue weighted by molar-refractivity contribution is 0.599. The Balaban J connectivity index is 2.60. The van der Waals surface area contributed by atoms with Gasteiger partial charge in [0.25, 0.3) is 10.0 Å². The van der Waals surface area contributed by atoms with Crippen molar-refractivity contribution in [3.63, 3.8) is 0 Å². The molecule has 1 heterocycles. The second-order valence-electron chi connectivity index (χ2n) is 3.91. The van der Waals surface area contributed by atoms with E-state index in [-0.39, 0.29) is 16.2 Å². The summed E-state index contributed by atoms with van der Waals surface area (Å²) in [5.41, 5.74) is 1.25. The molecule has 0 aliphatic carbocycles. The van der Waals surface area contributed by atoms with Gasteiger partial charge in [-0.25, -0.2) is 0 Å². The summed E-state index contributed by atoms with van der Waals surface area (Å²) in [6.45, 7) is 3.72. The minimum absolute atomic E-state index is 0.0832. The largest absolute Gasteiger partial charge is 0.283 e. The highest BCUT2D eigenvalue weighted by Gasteiger charge is 2.32. The minimum Gasteiger partial charge on any atom is -0.199 e. The van der Waals surface area contributed by atoms with Gasteiger partial charge in [-0.15, -0.1) is 11.6 Å². The van der Waals surface area contributed by atoms with E-state index >= 15 is 0 Å². The van der Waals surface area contributed by atoms with Crippen LogP contribution in [0.1, 0.15) is 19.4 Å². The molecule has 0 radical (unpaired) electrons. The van der Waals surface area contributed by atoms with Gasteiger partial charge in [-0.05, 0) is 13.0 Å². The first kappa shape index (κ1) is 11.6. The Bertz CT molecular complexity index is 549. The van der Waals surface area contributed by atoms with Crippen LogP contribution in [0.25, 0.3) is 0 Å². The van der Waals surface area contributed by atoms with Crippen LogP contribution in [-0.2, 0) is 10.0 Å². The Kier molecular flexibility index (Phi) is 2.80. The van der Waals surface area contributed by atoms with E-state index in [0.717, 1.165) is 0 Å². The van der Waals surface area contributed by atoms with Crippen LogP contribution in [0.2, 0.25) is 0 Å². The second kappa shape index (κ2) is 3.86. The minimum atomic E-state index is -3.50. The number of hydrogen-bond acceptors (Lipinski definition) is 2. The number of rotatable bonds is 2. The fourth-order valence-corrected chi connectivity index (χ4v) is 3.12. The van der Waals surface area contributed by atoms with Crippen molar-refractivity contribution in [1.82, 2.24) is 0 Å². The molecule has 2 unspecified atom stereocenters. The van der Waals surface area contributed by atoms with Gasteiger partial charge in [-0.1, -0.05) is 25.1 Å². The third-order valence-corrected chi connectivity index (χ3v) is 4.51. The third-order valence-electron chi connectivity index (χ3n) is 2.78. The first-order chi connectivity index (χ1) is 7.43. The highest BCUT2D eigenvalue weighted by Crippen LogP contribution is 2.30. The molecule has 0 fully saturated rings. The highest BCUT2D eigenvalue weighted by atomic mass is 35.5. The summed E-state index contributed by atoms with van der Waals surface area (Å²) in [5, 5.41) is -0.153. The zero-order valence-corrected chi connectivity index (χ0v) is 10.6. The molecule has 0 saturated carbocycles. The van der Waals surface area contributed by atoms with Crippen molar-refractivity contribution in [3.05, 3.63) is 29.8 Å². The molecule has 1 aliphatic heterocycles. The van der Waals surface area contributed by atoms with Crippen LogP contribution in [0.4, 0.5) is 0 Å². The van der Waals surface area contributed by atoms with Crippen LogP contribution in [0.3, 0.4) is 0 Å². The van der Waals surface area contributed by atoms with Crippen molar-refractivity contribution in [1.29, 1.82) is 0 Å². The van der Waals surface area contributed by atoms with E-state index in [2.05, 4.69) is 4.40 Å².